The van der Waals surface area contributed by atoms with Crippen molar-refractivity contribution >= 4 is 27.5 Å². The van der Waals surface area contributed by atoms with E-state index < -0.39 is 5.41 Å². The van der Waals surface area contributed by atoms with Gasteiger partial charge in [-0.1, -0.05) is 53.7 Å². The van der Waals surface area contributed by atoms with Crippen LogP contribution in [0.5, 0.6) is 0 Å². The second kappa shape index (κ2) is 5.75. The Kier molecular flexibility index (Phi) is 4.13. The number of hydrogen-bond donors (Lipinski definition) is 1. The van der Waals surface area contributed by atoms with Gasteiger partial charge in [0.15, 0.2) is 0 Å². The Labute approximate surface area is 135 Å². The molecule has 1 aromatic rings. The van der Waals surface area contributed by atoms with Gasteiger partial charge in [-0.3, -0.25) is 4.79 Å². The number of rotatable bonds is 2. The molecule has 2 nitrogen and oxygen atoms in total. The molecule has 2 aliphatic rings. The van der Waals surface area contributed by atoms with Crippen molar-refractivity contribution in [2.75, 3.05) is 5.32 Å². The van der Waals surface area contributed by atoms with Crippen LogP contribution in [-0.2, 0) is 10.2 Å². The molecule has 1 fully saturated rings. The van der Waals surface area contributed by atoms with Gasteiger partial charge in [-0.05, 0) is 49.8 Å². The zero-order valence-corrected chi connectivity index (χ0v) is 14.5. The van der Waals surface area contributed by atoms with Gasteiger partial charge in [0.25, 0.3) is 0 Å². The normalized spacial score (nSPS) is 23.3. The summed E-state index contributed by atoms with van der Waals surface area (Å²) >= 11 is 3.94. The van der Waals surface area contributed by atoms with Gasteiger partial charge in [0.05, 0.1) is 5.41 Å². The zero-order chi connectivity index (χ0) is 15.0. The number of carbonyl (C=O) groups excluding carboxylic acids is 1. The lowest BCUT2D eigenvalue weighted by Gasteiger charge is -2.23. The lowest BCUT2D eigenvalue weighted by Crippen LogP contribution is -2.26. The van der Waals surface area contributed by atoms with E-state index in [1.54, 1.807) is 0 Å². The quantitative estimate of drug-likeness (QED) is 0.567. The maximum Gasteiger partial charge on any atom is 0.234 e. The van der Waals surface area contributed by atoms with Crippen LogP contribution in [0, 0.1) is 5.92 Å². The number of anilines is 1. The Bertz CT molecular complexity index is 544. The molecule has 0 aromatic heterocycles. The van der Waals surface area contributed by atoms with E-state index in [-0.39, 0.29) is 5.91 Å². The summed E-state index contributed by atoms with van der Waals surface area (Å²) < 4.78 is 0. The van der Waals surface area contributed by atoms with Crippen LogP contribution < -0.4 is 5.32 Å². The van der Waals surface area contributed by atoms with Crippen LogP contribution in [0.15, 0.2) is 18.2 Å². The van der Waals surface area contributed by atoms with Crippen LogP contribution in [0.3, 0.4) is 0 Å². The molecule has 1 saturated carbocycles. The number of alkyl halides is 1. The fourth-order valence-electron chi connectivity index (χ4n) is 3.64. The average molecular weight is 350 g/mol. The number of fused-ring (bicyclic) bond motifs is 1. The summed E-state index contributed by atoms with van der Waals surface area (Å²) in [7, 11) is 0. The lowest BCUT2D eigenvalue weighted by molar-refractivity contribution is -0.119. The molecule has 114 valence electrons. The van der Waals surface area contributed by atoms with E-state index in [2.05, 4.69) is 39.4 Å². The van der Waals surface area contributed by atoms with Crippen molar-refractivity contribution in [3.05, 3.63) is 29.3 Å². The molecule has 1 heterocycles. The molecule has 1 atom stereocenters. The number of hydrogen-bond acceptors (Lipinski definition) is 1. The fourth-order valence-corrected chi connectivity index (χ4v) is 4.45. The third-order valence-electron chi connectivity index (χ3n) is 5.16. The predicted octanol–water partition coefficient (Wildman–Crippen LogP) is 5.32. The van der Waals surface area contributed by atoms with Crippen molar-refractivity contribution in [1.29, 1.82) is 0 Å². The van der Waals surface area contributed by atoms with Gasteiger partial charge >= 0.3 is 0 Å². The average Bonchev–Trinajstić information content (AvgIpc) is 2.68. The minimum Gasteiger partial charge on any atom is -0.325 e. The molecule has 1 unspecified atom stereocenters. The van der Waals surface area contributed by atoms with Gasteiger partial charge < -0.3 is 5.32 Å². The smallest absolute Gasteiger partial charge is 0.234 e. The predicted molar refractivity (Wildman–Crippen MR) is 91.0 cm³/mol. The van der Waals surface area contributed by atoms with Crippen molar-refractivity contribution in [2.45, 2.75) is 62.6 Å². The summed E-state index contributed by atoms with van der Waals surface area (Å²) in [6.07, 6.45) is 8.09. The maximum atomic E-state index is 12.1. The van der Waals surface area contributed by atoms with E-state index in [9.17, 15) is 4.79 Å². The topological polar surface area (TPSA) is 29.1 Å². The van der Waals surface area contributed by atoms with Crippen LogP contribution in [0.25, 0.3) is 0 Å². The SMILES string of the molecule is CC1(C)C(=O)Nc2ccc(C(Br)C3CCCCCC3)cc21. The number of halogens is 1. The summed E-state index contributed by atoms with van der Waals surface area (Å²) in [5.41, 5.74) is 3.03. The van der Waals surface area contributed by atoms with E-state index in [1.807, 2.05) is 13.8 Å². The maximum absolute atomic E-state index is 12.1. The van der Waals surface area contributed by atoms with Crippen molar-refractivity contribution in [3.8, 4) is 0 Å². The highest BCUT2D eigenvalue weighted by molar-refractivity contribution is 9.09. The number of amides is 1. The summed E-state index contributed by atoms with van der Waals surface area (Å²) in [6, 6.07) is 6.48. The second-order valence-electron chi connectivity index (χ2n) is 7.04. The van der Waals surface area contributed by atoms with Crippen LogP contribution in [0.1, 0.15) is 68.3 Å². The van der Waals surface area contributed by atoms with E-state index in [4.69, 9.17) is 0 Å². The zero-order valence-electron chi connectivity index (χ0n) is 12.9. The standard InChI is InChI=1S/C18H24BrNO/c1-18(2)14-11-13(9-10-15(14)20-17(18)21)16(19)12-7-5-3-4-6-8-12/h9-12,16H,3-8H2,1-2H3,(H,20,21). The second-order valence-corrected chi connectivity index (χ2v) is 8.02. The van der Waals surface area contributed by atoms with Crippen LogP contribution in [0.4, 0.5) is 5.69 Å². The fraction of sp³-hybridized carbons (Fsp3) is 0.611. The minimum atomic E-state index is -0.415. The first-order chi connectivity index (χ1) is 10.00. The third-order valence-corrected chi connectivity index (χ3v) is 6.44. The van der Waals surface area contributed by atoms with E-state index in [0.29, 0.717) is 4.83 Å². The molecule has 21 heavy (non-hydrogen) atoms. The molecule has 0 radical (unpaired) electrons. The van der Waals surface area contributed by atoms with E-state index in [0.717, 1.165) is 17.2 Å². The monoisotopic (exact) mass is 349 g/mol. The molecule has 0 saturated heterocycles. The largest absolute Gasteiger partial charge is 0.325 e. The molecular weight excluding hydrogens is 326 g/mol. The van der Waals surface area contributed by atoms with E-state index >= 15 is 0 Å². The van der Waals surface area contributed by atoms with Crippen molar-refractivity contribution in [1.82, 2.24) is 0 Å². The van der Waals surface area contributed by atoms with Gasteiger partial charge in [-0.25, -0.2) is 0 Å². The van der Waals surface area contributed by atoms with Crippen molar-refractivity contribution in [2.24, 2.45) is 5.92 Å². The Morgan fingerprint density at radius 1 is 1.19 bits per heavy atom. The van der Waals surface area contributed by atoms with Crippen molar-refractivity contribution < 1.29 is 4.79 Å². The first-order valence-electron chi connectivity index (χ1n) is 8.10. The first kappa shape index (κ1) is 15.1. The third kappa shape index (κ3) is 2.77. The molecule has 0 bridgehead atoms. The molecule has 3 rings (SSSR count). The Balaban J connectivity index is 1.87. The van der Waals surface area contributed by atoms with Gasteiger partial charge in [0, 0.05) is 10.5 Å². The Morgan fingerprint density at radius 3 is 2.52 bits per heavy atom. The molecular formula is C18H24BrNO. The first-order valence-corrected chi connectivity index (χ1v) is 9.01. The molecule has 1 aromatic carbocycles. The van der Waals surface area contributed by atoms with Crippen LogP contribution >= 0.6 is 15.9 Å². The van der Waals surface area contributed by atoms with Gasteiger partial charge in [-0.15, -0.1) is 0 Å². The Hall–Kier alpha value is -0.830. The Morgan fingerprint density at radius 2 is 1.86 bits per heavy atom. The molecule has 1 aliphatic heterocycles. The molecule has 1 amide bonds. The molecule has 3 heteroatoms. The van der Waals surface area contributed by atoms with Crippen molar-refractivity contribution in [3.63, 3.8) is 0 Å². The molecule has 1 aliphatic carbocycles. The summed E-state index contributed by atoms with van der Waals surface area (Å²) in [4.78, 5) is 12.5. The lowest BCUT2D eigenvalue weighted by atomic mass is 9.84. The van der Waals surface area contributed by atoms with E-state index in [1.165, 1.54) is 44.1 Å². The van der Waals surface area contributed by atoms with Gasteiger partial charge in [0.1, 0.15) is 0 Å². The highest BCUT2D eigenvalue weighted by atomic mass is 79.9. The van der Waals surface area contributed by atoms with Gasteiger partial charge in [0.2, 0.25) is 5.91 Å². The number of benzene rings is 1. The number of carbonyl (C=O) groups is 1. The number of nitrogens with one attached hydrogen (secondary N) is 1. The van der Waals surface area contributed by atoms with Gasteiger partial charge in [-0.2, -0.15) is 0 Å². The summed E-state index contributed by atoms with van der Waals surface area (Å²) in [5, 5.41) is 2.99. The summed E-state index contributed by atoms with van der Waals surface area (Å²) in [5.74, 6) is 0.828. The highest BCUT2D eigenvalue weighted by Gasteiger charge is 2.38. The molecule has 1 N–H and O–H groups in total. The van der Waals surface area contributed by atoms with Crippen LogP contribution in [0.2, 0.25) is 0 Å². The van der Waals surface area contributed by atoms with Crippen LogP contribution in [-0.4, -0.2) is 5.91 Å². The molecule has 0 spiro atoms. The highest BCUT2D eigenvalue weighted by Crippen LogP contribution is 2.43. The minimum absolute atomic E-state index is 0.107. The summed E-state index contributed by atoms with van der Waals surface area (Å²) in [6.45, 7) is 4.01.